The fraction of sp³-hybridized carbons (Fsp3) is 0.200. The summed E-state index contributed by atoms with van der Waals surface area (Å²) in [4.78, 5) is 14.1. The lowest BCUT2D eigenvalue weighted by atomic mass is 10.2. The van der Waals surface area contributed by atoms with Gasteiger partial charge >= 0.3 is 5.97 Å². The molecule has 0 aliphatic carbocycles. The van der Waals surface area contributed by atoms with Crippen molar-refractivity contribution in [2.75, 3.05) is 6.26 Å². The van der Waals surface area contributed by atoms with E-state index in [4.69, 9.17) is 5.11 Å². The van der Waals surface area contributed by atoms with Crippen LogP contribution in [0.3, 0.4) is 0 Å². The number of aryl methyl sites for hydroxylation is 1. The third kappa shape index (κ3) is 3.16. The Balaban J connectivity index is 3.29. The summed E-state index contributed by atoms with van der Waals surface area (Å²) in [6.45, 7) is 1.73. The molecule has 0 radical (unpaired) electrons. The first-order chi connectivity index (χ1) is 7.30. The molecular formula is C10H11NO4S. The SMILES string of the molecule is Cc1cc(/C=C(\C(=O)O)S(C)(=O)=O)ccn1. The van der Waals surface area contributed by atoms with Gasteiger partial charge in [-0.1, -0.05) is 0 Å². The predicted octanol–water partition coefficient (Wildman–Crippen LogP) is 0.860. The number of hydrogen-bond acceptors (Lipinski definition) is 4. The fourth-order valence-corrected chi connectivity index (χ4v) is 1.80. The minimum Gasteiger partial charge on any atom is -0.477 e. The summed E-state index contributed by atoms with van der Waals surface area (Å²) in [5.41, 5.74) is 1.18. The molecule has 0 amide bonds. The van der Waals surface area contributed by atoms with E-state index in [0.29, 0.717) is 11.3 Å². The Labute approximate surface area is 93.4 Å². The molecule has 0 aromatic carbocycles. The number of aliphatic carboxylic acids is 1. The number of rotatable bonds is 3. The number of hydrogen-bond donors (Lipinski definition) is 1. The van der Waals surface area contributed by atoms with Gasteiger partial charge in [-0.15, -0.1) is 0 Å². The average molecular weight is 241 g/mol. The van der Waals surface area contributed by atoms with Gasteiger partial charge in [0.2, 0.25) is 0 Å². The van der Waals surface area contributed by atoms with Gasteiger partial charge in [-0.05, 0) is 30.7 Å². The number of pyridine rings is 1. The van der Waals surface area contributed by atoms with Crippen molar-refractivity contribution in [2.24, 2.45) is 0 Å². The molecule has 6 heteroatoms. The molecule has 0 fully saturated rings. The van der Waals surface area contributed by atoms with Crippen LogP contribution in [0.15, 0.2) is 23.2 Å². The smallest absolute Gasteiger partial charge is 0.347 e. The van der Waals surface area contributed by atoms with Crippen LogP contribution in [0, 0.1) is 6.92 Å². The first-order valence-electron chi connectivity index (χ1n) is 4.38. The molecule has 1 heterocycles. The number of carboxylic acids is 1. The monoisotopic (exact) mass is 241 g/mol. The lowest BCUT2D eigenvalue weighted by molar-refractivity contribution is -0.131. The second-order valence-electron chi connectivity index (χ2n) is 3.32. The molecule has 1 aromatic heterocycles. The third-order valence-electron chi connectivity index (χ3n) is 1.83. The normalized spacial score (nSPS) is 12.5. The van der Waals surface area contributed by atoms with E-state index in [9.17, 15) is 13.2 Å². The van der Waals surface area contributed by atoms with Crippen molar-refractivity contribution in [3.05, 3.63) is 34.5 Å². The van der Waals surface area contributed by atoms with E-state index in [1.807, 2.05) is 0 Å². The van der Waals surface area contributed by atoms with Crippen LogP contribution in [-0.2, 0) is 14.6 Å². The van der Waals surface area contributed by atoms with Gasteiger partial charge in [0.05, 0.1) is 0 Å². The largest absolute Gasteiger partial charge is 0.477 e. The molecule has 0 saturated heterocycles. The van der Waals surface area contributed by atoms with E-state index in [0.717, 1.165) is 12.3 Å². The van der Waals surface area contributed by atoms with Crippen molar-refractivity contribution in [1.29, 1.82) is 0 Å². The van der Waals surface area contributed by atoms with Crippen molar-refractivity contribution in [3.8, 4) is 0 Å². The molecule has 1 N–H and O–H groups in total. The first-order valence-corrected chi connectivity index (χ1v) is 6.27. The summed E-state index contributed by atoms with van der Waals surface area (Å²) in [6.07, 6.45) is 3.47. The van der Waals surface area contributed by atoms with Crippen LogP contribution in [0.4, 0.5) is 0 Å². The van der Waals surface area contributed by atoms with Gasteiger partial charge in [0.15, 0.2) is 14.7 Å². The molecular weight excluding hydrogens is 230 g/mol. The van der Waals surface area contributed by atoms with Gasteiger partial charge < -0.3 is 5.11 Å². The molecule has 0 aliphatic rings. The van der Waals surface area contributed by atoms with Crippen molar-refractivity contribution in [2.45, 2.75) is 6.92 Å². The molecule has 1 aromatic rings. The van der Waals surface area contributed by atoms with Crippen LogP contribution in [-0.4, -0.2) is 30.7 Å². The van der Waals surface area contributed by atoms with Crippen LogP contribution in [0.5, 0.6) is 0 Å². The molecule has 0 atom stereocenters. The standard InChI is InChI=1S/C10H11NO4S/c1-7-5-8(3-4-11-7)6-9(10(12)13)16(2,14)15/h3-6H,1-2H3,(H,12,13)/b9-6+. The summed E-state index contributed by atoms with van der Waals surface area (Å²) in [7, 11) is -3.73. The van der Waals surface area contributed by atoms with Gasteiger partial charge in [-0.25, -0.2) is 13.2 Å². The molecule has 0 unspecified atom stereocenters. The summed E-state index contributed by atoms with van der Waals surface area (Å²) in [5, 5.41) is 8.78. The molecule has 1 rings (SSSR count). The quantitative estimate of drug-likeness (QED) is 0.793. The highest BCUT2D eigenvalue weighted by Gasteiger charge is 2.19. The number of nitrogens with zero attached hydrogens (tertiary/aromatic N) is 1. The minimum absolute atomic E-state index is 0.496. The van der Waals surface area contributed by atoms with Crippen LogP contribution in [0.1, 0.15) is 11.3 Å². The van der Waals surface area contributed by atoms with Crippen molar-refractivity contribution < 1.29 is 18.3 Å². The lowest BCUT2D eigenvalue weighted by Gasteiger charge is -2.00. The zero-order valence-corrected chi connectivity index (χ0v) is 9.65. The Kier molecular flexibility index (Phi) is 3.44. The van der Waals surface area contributed by atoms with Crippen LogP contribution in [0.2, 0.25) is 0 Å². The maximum Gasteiger partial charge on any atom is 0.347 e. The minimum atomic E-state index is -3.73. The topological polar surface area (TPSA) is 84.3 Å². The van der Waals surface area contributed by atoms with E-state index in [1.54, 1.807) is 19.1 Å². The van der Waals surface area contributed by atoms with E-state index in [2.05, 4.69) is 4.98 Å². The third-order valence-corrected chi connectivity index (χ3v) is 2.92. The second kappa shape index (κ2) is 4.44. The van der Waals surface area contributed by atoms with E-state index >= 15 is 0 Å². The van der Waals surface area contributed by atoms with Gasteiger partial charge in [-0.2, -0.15) is 0 Å². The van der Waals surface area contributed by atoms with E-state index < -0.39 is 20.7 Å². The van der Waals surface area contributed by atoms with Crippen LogP contribution >= 0.6 is 0 Å². The maximum atomic E-state index is 11.2. The molecule has 0 saturated carbocycles. The first kappa shape index (κ1) is 12.4. The van der Waals surface area contributed by atoms with Gasteiger partial charge in [0, 0.05) is 18.1 Å². The van der Waals surface area contributed by atoms with Crippen molar-refractivity contribution in [3.63, 3.8) is 0 Å². The molecule has 0 aliphatic heterocycles. The highest BCUT2D eigenvalue weighted by atomic mass is 32.2. The Hall–Kier alpha value is -1.69. The fourth-order valence-electron chi connectivity index (χ4n) is 1.14. The summed E-state index contributed by atoms with van der Waals surface area (Å²) >= 11 is 0. The lowest BCUT2D eigenvalue weighted by Crippen LogP contribution is -2.10. The molecule has 16 heavy (non-hydrogen) atoms. The number of carbonyl (C=O) groups is 1. The maximum absolute atomic E-state index is 11.2. The molecule has 0 spiro atoms. The van der Waals surface area contributed by atoms with E-state index in [-0.39, 0.29) is 0 Å². The van der Waals surface area contributed by atoms with Gasteiger partial charge in [0.25, 0.3) is 0 Å². The van der Waals surface area contributed by atoms with Crippen LogP contribution in [0.25, 0.3) is 6.08 Å². The Morgan fingerprint density at radius 2 is 2.12 bits per heavy atom. The summed E-state index contributed by atoms with van der Waals surface area (Å²) in [6, 6.07) is 3.15. The van der Waals surface area contributed by atoms with Crippen molar-refractivity contribution >= 4 is 21.9 Å². The Morgan fingerprint density at radius 3 is 2.56 bits per heavy atom. The zero-order chi connectivity index (χ0) is 12.3. The van der Waals surface area contributed by atoms with Crippen molar-refractivity contribution in [1.82, 2.24) is 4.98 Å². The Morgan fingerprint density at radius 1 is 1.50 bits per heavy atom. The second-order valence-corrected chi connectivity index (χ2v) is 5.30. The number of sulfone groups is 1. The average Bonchev–Trinajstić information content (AvgIpc) is 2.12. The van der Waals surface area contributed by atoms with E-state index in [1.165, 1.54) is 6.20 Å². The number of aromatic nitrogens is 1. The highest BCUT2D eigenvalue weighted by molar-refractivity contribution is 7.95. The van der Waals surface area contributed by atoms with Gasteiger partial charge in [0.1, 0.15) is 0 Å². The Bertz CT molecular complexity index is 546. The summed E-state index contributed by atoms with van der Waals surface area (Å²) < 4.78 is 22.4. The predicted molar refractivity (Wildman–Crippen MR) is 59.4 cm³/mol. The van der Waals surface area contributed by atoms with Crippen LogP contribution < -0.4 is 0 Å². The summed E-state index contributed by atoms with van der Waals surface area (Å²) in [5.74, 6) is -1.46. The highest BCUT2D eigenvalue weighted by Crippen LogP contribution is 2.12. The number of carboxylic acid groups (broad SMARTS) is 1. The molecule has 5 nitrogen and oxygen atoms in total. The van der Waals surface area contributed by atoms with Gasteiger partial charge in [-0.3, -0.25) is 4.98 Å². The zero-order valence-electron chi connectivity index (χ0n) is 8.84. The molecule has 86 valence electrons. The molecule has 0 bridgehead atoms.